The number of aryl methyl sites for hydroxylation is 1. The van der Waals surface area contributed by atoms with E-state index in [0.29, 0.717) is 6.42 Å². The minimum Gasteiger partial charge on any atom is -0.349 e. The zero-order chi connectivity index (χ0) is 16.3. The quantitative estimate of drug-likeness (QED) is 0.857. The molecule has 1 aromatic carbocycles. The van der Waals surface area contributed by atoms with Gasteiger partial charge in [-0.25, -0.2) is 0 Å². The van der Waals surface area contributed by atoms with Gasteiger partial charge in [-0.15, -0.1) is 12.4 Å². The minimum atomic E-state index is 0. The van der Waals surface area contributed by atoms with Crippen molar-refractivity contribution in [1.82, 2.24) is 10.2 Å². The van der Waals surface area contributed by atoms with Gasteiger partial charge in [-0.05, 0) is 55.3 Å². The Morgan fingerprint density at radius 2 is 2.21 bits per heavy atom. The normalized spacial score (nSPS) is 26.5. The highest BCUT2D eigenvalue weighted by molar-refractivity contribution is 5.85. The number of carbonyl (C=O) groups is 1. The zero-order valence-corrected chi connectivity index (χ0v) is 15.4. The van der Waals surface area contributed by atoms with E-state index in [-0.39, 0.29) is 29.8 Å². The Labute approximate surface area is 151 Å². The van der Waals surface area contributed by atoms with E-state index in [0.717, 1.165) is 51.9 Å². The second-order valence-electron chi connectivity index (χ2n) is 7.50. The predicted octanol–water partition coefficient (Wildman–Crippen LogP) is 2.66. The lowest BCUT2D eigenvalue weighted by molar-refractivity contribution is -0.122. The third kappa shape index (κ3) is 4.50. The molecule has 2 atom stereocenters. The molecule has 1 heterocycles. The standard InChI is InChI=1S/C19H29N3O.ClH/c1-19(13-20)10-12-22(14-19)11-9-18(23)21-17-8-4-6-15-5-2-3-7-16(15)17;/h2-3,5,7,17H,4,6,8-14,20H2,1H3,(H,21,23);1H. The van der Waals surface area contributed by atoms with E-state index in [4.69, 9.17) is 5.73 Å². The number of rotatable bonds is 5. The van der Waals surface area contributed by atoms with Crippen molar-refractivity contribution >= 4 is 18.3 Å². The number of nitrogens with two attached hydrogens (primary N) is 1. The fourth-order valence-electron chi connectivity index (χ4n) is 3.91. The summed E-state index contributed by atoms with van der Waals surface area (Å²) in [6, 6.07) is 8.70. The minimum absolute atomic E-state index is 0. The maximum atomic E-state index is 12.3. The number of amides is 1. The van der Waals surface area contributed by atoms with Gasteiger partial charge in [0.2, 0.25) is 5.91 Å². The van der Waals surface area contributed by atoms with Crippen LogP contribution in [-0.4, -0.2) is 37.0 Å². The first-order valence-corrected chi connectivity index (χ1v) is 8.89. The Morgan fingerprint density at radius 1 is 1.42 bits per heavy atom. The van der Waals surface area contributed by atoms with Crippen LogP contribution < -0.4 is 11.1 Å². The van der Waals surface area contributed by atoms with Gasteiger partial charge in [-0.1, -0.05) is 31.2 Å². The smallest absolute Gasteiger partial charge is 0.221 e. The lowest BCUT2D eigenvalue weighted by Gasteiger charge is -2.27. The molecule has 24 heavy (non-hydrogen) atoms. The first kappa shape index (κ1) is 19.2. The fraction of sp³-hybridized carbons (Fsp3) is 0.632. The molecule has 4 nitrogen and oxygen atoms in total. The number of nitrogens with zero attached hydrogens (tertiary/aromatic N) is 1. The van der Waals surface area contributed by atoms with Crippen LogP contribution in [-0.2, 0) is 11.2 Å². The van der Waals surface area contributed by atoms with Crippen LogP contribution in [0.3, 0.4) is 0 Å². The molecule has 0 bridgehead atoms. The van der Waals surface area contributed by atoms with Crippen molar-refractivity contribution in [2.45, 2.75) is 45.1 Å². The highest BCUT2D eigenvalue weighted by atomic mass is 35.5. The lowest BCUT2D eigenvalue weighted by atomic mass is 9.87. The van der Waals surface area contributed by atoms with Gasteiger partial charge in [0.1, 0.15) is 0 Å². The highest BCUT2D eigenvalue weighted by Gasteiger charge is 2.32. The Hall–Kier alpha value is -1.10. The molecule has 5 heteroatoms. The molecule has 2 aliphatic rings. The van der Waals surface area contributed by atoms with E-state index in [1.54, 1.807) is 0 Å². The second-order valence-corrected chi connectivity index (χ2v) is 7.50. The summed E-state index contributed by atoms with van der Waals surface area (Å²) >= 11 is 0. The van der Waals surface area contributed by atoms with Crippen molar-refractivity contribution in [2.75, 3.05) is 26.2 Å². The summed E-state index contributed by atoms with van der Waals surface area (Å²) in [5.41, 5.74) is 8.78. The number of carbonyl (C=O) groups excluding carboxylic acids is 1. The number of benzene rings is 1. The molecule has 134 valence electrons. The largest absolute Gasteiger partial charge is 0.349 e. The summed E-state index contributed by atoms with van der Waals surface area (Å²) < 4.78 is 0. The molecule has 1 aromatic rings. The van der Waals surface area contributed by atoms with Crippen LogP contribution in [0.5, 0.6) is 0 Å². The van der Waals surface area contributed by atoms with E-state index in [2.05, 4.69) is 41.4 Å². The van der Waals surface area contributed by atoms with Gasteiger partial charge >= 0.3 is 0 Å². The monoisotopic (exact) mass is 351 g/mol. The molecule has 0 radical (unpaired) electrons. The van der Waals surface area contributed by atoms with E-state index in [1.807, 2.05) is 0 Å². The van der Waals surface area contributed by atoms with Gasteiger partial charge in [-0.3, -0.25) is 4.79 Å². The molecule has 0 spiro atoms. The first-order valence-electron chi connectivity index (χ1n) is 8.89. The van der Waals surface area contributed by atoms with Gasteiger partial charge in [0.15, 0.2) is 0 Å². The van der Waals surface area contributed by atoms with Crippen molar-refractivity contribution in [3.63, 3.8) is 0 Å². The number of hydrogen-bond donors (Lipinski definition) is 2. The first-order chi connectivity index (χ1) is 11.1. The van der Waals surface area contributed by atoms with Crippen LogP contribution in [0.15, 0.2) is 24.3 Å². The molecule has 1 aliphatic heterocycles. The Bertz CT molecular complexity index is 565. The molecule has 3 N–H and O–H groups in total. The third-order valence-corrected chi connectivity index (χ3v) is 5.49. The Morgan fingerprint density at radius 3 is 2.96 bits per heavy atom. The molecule has 1 aliphatic carbocycles. The summed E-state index contributed by atoms with van der Waals surface area (Å²) in [6.45, 7) is 5.90. The number of fused-ring (bicyclic) bond motifs is 1. The van der Waals surface area contributed by atoms with Gasteiger partial charge in [0, 0.05) is 19.5 Å². The van der Waals surface area contributed by atoms with Crippen molar-refractivity contribution < 1.29 is 4.79 Å². The number of nitrogens with one attached hydrogen (secondary N) is 1. The summed E-state index contributed by atoms with van der Waals surface area (Å²) in [6.07, 6.45) is 5.06. The fourth-order valence-corrected chi connectivity index (χ4v) is 3.91. The maximum absolute atomic E-state index is 12.3. The third-order valence-electron chi connectivity index (χ3n) is 5.49. The van der Waals surface area contributed by atoms with Gasteiger partial charge in [-0.2, -0.15) is 0 Å². The summed E-state index contributed by atoms with van der Waals surface area (Å²) in [7, 11) is 0. The van der Waals surface area contributed by atoms with Crippen molar-refractivity contribution in [1.29, 1.82) is 0 Å². The SMILES string of the molecule is CC1(CN)CCN(CCC(=O)NC2CCCc3ccccc32)C1.Cl. The van der Waals surface area contributed by atoms with Gasteiger partial charge in [0.05, 0.1) is 6.04 Å². The summed E-state index contributed by atoms with van der Waals surface area (Å²) in [4.78, 5) is 14.7. The van der Waals surface area contributed by atoms with Crippen LogP contribution in [0.1, 0.15) is 49.8 Å². The van der Waals surface area contributed by atoms with Gasteiger partial charge in [0.25, 0.3) is 0 Å². The van der Waals surface area contributed by atoms with Crippen molar-refractivity contribution in [3.8, 4) is 0 Å². The number of hydrogen-bond acceptors (Lipinski definition) is 3. The average Bonchev–Trinajstić information content (AvgIpc) is 2.96. The van der Waals surface area contributed by atoms with E-state index >= 15 is 0 Å². The Balaban J connectivity index is 0.00000208. The zero-order valence-electron chi connectivity index (χ0n) is 14.6. The topological polar surface area (TPSA) is 58.4 Å². The summed E-state index contributed by atoms with van der Waals surface area (Å²) in [5.74, 6) is 0.174. The Kier molecular flexibility index (Phi) is 6.67. The summed E-state index contributed by atoms with van der Waals surface area (Å²) in [5, 5.41) is 3.24. The van der Waals surface area contributed by atoms with Crippen LogP contribution in [0.25, 0.3) is 0 Å². The van der Waals surface area contributed by atoms with Crippen LogP contribution in [0.2, 0.25) is 0 Å². The van der Waals surface area contributed by atoms with Crippen LogP contribution >= 0.6 is 12.4 Å². The van der Waals surface area contributed by atoms with Crippen molar-refractivity contribution in [2.24, 2.45) is 11.1 Å². The molecule has 1 amide bonds. The highest BCUT2D eigenvalue weighted by Crippen LogP contribution is 2.30. The molecule has 2 unspecified atom stereocenters. The van der Waals surface area contributed by atoms with Crippen molar-refractivity contribution in [3.05, 3.63) is 35.4 Å². The maximum Gasteiger partial charge on any atom is 0.221 e. The number of halogens is 1. The van der Waals surface area contributed by atoms with E-state index in [9.17, 15) is 4.79 Å². The van der Waals surface area contributed by atoms with Crippen LogP contribution in [0, 0.1) is 5.41 Å². The van der Waals surface area contributed by atoms with Crippen LogP contribution in [0.4, 0.5) is 0 Å². The predicted molar refractivity (Wildman–Crippen MR) is 100 cm³/mol. The molecular weight excluding hydrogens is 322 g/mol. The molecule has 1 saturated heterocycles. The van der Waals surface area contributed by atoms with E-state index < -0.39 is 0 Å². The molecule has 0 saturated carbocycles. The average molecular weight is 352 g/mol. The molecule has 0 aromatic heterocycles. The second kappa shape index (κ2) is 8.32. The number of likely N-dealkylation sites (tertiary alicyclic amines) is 1. The van der Waals surface area contributed by atoms with E-state index in [1.165, 1.54) is 11.1 Å². The molecule has 1 fully saturated rings. The molecule has 3 rings (SSSR count). The van der Waals surface area contributed by atoms with Gasteiger partial charge < -0.3 is 16.0 Å². The lowest BCUT2D eigenvalue weighted by Crippen LogP contribution is -2.35. The molecular formula is C19H30ClN3O.